The van der Waals surface area contributed by atoms with Gasteiger partial charge in [-0.05, 0) is 12.1 Å². The molecule has 102 valence electrons. The summed E-state index contributed by atoms with van der Waals surface area (Å²) in [6, 6.07) is 3.31. The maximum absolute atomic E-state index is 13.7. The molecule has 0 unspecified atom stereocenters. The first kappa shape index (κ1) is 12.5. The van der Waals surface area contributed by atoms with Gasteiger partial charge in [0.15, 0.2) is 11.5 Å². The van der Waals surface area contributed by atoms with Crippen molar-refractivity contribution in [2.45, 2.75) is 6.43 Å². The van der Waals surface area contributed by atoms with Crippen molar-refractivity contribution in [2.75, 3.05) is 0 Å². The number of aromatic nitrogens is 4. The average Bonchev–Trinajstić information content (AvgIpc) is 2.84. The van der Waals surface area contributed by atoms with Gasteiger partial charge < -0.3 is 0 Å². The molecule has 20 heavy (non-hydrogen) atoms. The van der Waals surface area contributed by atoms with Crippen LogP contribution in [-0.2, 0) is 0 Å². The van der Waals surface area contributed by atoms with Crippen LogP contribution in [0.25, 0.3) is 16.9 Å². The second kappa shape index (κ2) is 4.55. The Hall–Kier alpha value is -2.51. The summed E-state index contributed by atoms with van der Waals surface area (Å²) in [5.41, 5.74) is -0.307. The molecule has 0 radical (unpaired) electrons. The molecule has 0 saturated heterocycles. The van der Waals surface area contributed by atoms with Gasteiger partial charge in [-0.1, -0.05) is 0 Å². The van der Waals surface area contributed by atoms with Crippen LogP contribution >= 0.6 is 0 Å². The lowest BCUT2D eigenvalue weighted by Crippen LogP contribution is -2.01. The molecule has 3 aromatic heterocycles. The van der Waals surface area contributed by atoms with Crippen molar-refractivity contribution in [3.63, 3.8) is 0 Å². The van der Waals surface area contributed by atoms with Crippen molar-refractivity contribution in [2.24, 2.45) is 0 Å². The summed E-state index contributed by atoms with van der Waals surface area (Å²) in [6.07, 6.45) is -0.829. The Morgan fingerprint density at radius 1 is 1.05 bits per heavy atom. The summed E-state index contributed by atoms with van der Waals surface area (Å²) in [6.45, 7) is 0. The van der Waals surface area contributed by atoms with E-state index in [1.165, 1.54) is 12.3 Å². The molecule has 0 aliphatic heterocycles. The molecule has 3 heterocycles. The fourth-order valence-electron chi connectivity index (χ4n) is 1.80. The first-order valence-electron chi connectivity index (χ1n) is 5.50. The highest BCUT2D eigenvalue weighted by molar-refractivity contribution is 5.63. The lowest BCUT2D eigenvalue weighted by Gasteiger charge is -2.04. The van der Waals surface area contributed by atoms with Gasteiger partial charge in [0.05, 0.1) is 18.1 Å². The molecule has 3 aromatic rings. The Morgan fingerprint density at radius 2 is 1.85 bits per heavy atom. The largest absolute Gasteiger partial charge is 0.282 e. The van der Waals surface area contributed by atoms with E-state index >= 15 is 0 Å². The van der Waals surface area contributed by atoms with Crippen molar-refractivity contribution in [3.8, 4) is 11.3 Å². The zero-order chi connectivity index (χ0) is 14.3. The topological polar surface area (TPSA) is 43.1 Å². The fraction of sp³-hybridized carbons (Fsp3) is 0.0833. The SMILES string of the molecule is Fc1cc(-c2cnc3ccc(C(F)F)nn23)c(F)cn1. The Bertz CT molecular complexity index is 784. The standard InChI is InChI=1S/C12H6F4N4/c13-7-4-17-10(14)3-6(7)9-5-18-11-2-1-8(12(15)16)19-20(9)11/h1-5,12H. The number of nitrogens with zero attached hydrogens (tertiary/aromatic N) is 4. The van der Waals surface area contributed by atoms with Crippen LogP contribution in [0.15, 0.2) is 30.6 Å². The Morgan fingerprint density at radius 3 is 2.60 bits per heavy atom. The van der Waals surface area contributed by atoms with E-state index in [1.807, 2.05) is 0 Å². The van der Waals surface area contributed by atoms with E-state index in [0.717, 1.165) is 16.6 Å². The lowest BCUT2D eigenvalue weighted by molar-refractivity contribution is 0.144. The molecule has 0 aromatic carbocycles. The zero-order valence-corrected chi connectivity index (χ0v) is 9.76. The van der Waals surface area contributed by atoms with E-state index in [-0.39, 0.29) is 16.9 Å². The number of hydrogen-bond acceptors (Lipinski definition) is 3. The monoisotopic (exact) mass is 282 g/mol. The molecular formula is C12H6F4N4. The van der Waals surface area contributed by atoms with Crippen LogP contribution in [-0.4, -0.2) is 19.6 Å². The number of hydrogen-bond donors (Lipinski definition) is 0. The molecule has 0 aliphatic rings. The predicted molar refractivity (Wildman–Crippen MR) is 61.1 cm³/mol. The van der Waals surface area contributed by atoms with Crippen molar-refractivity contribution in [3.05, 3.63) is 48.1 Å². The highest BCUT2D eigenvalue weighted by Gasteiger charge is 2.16. The summed E-state index contributed by atoms with van der Waals surface area (Å²) in [5.74, 6) is -1.68. The van der Waals surface area contributed by atoms with E-state index in [2.05, 4.69) is 15.1 Å². The third-order valence-corrected chi connectivity index (χ3v) is 2.70. The van der Waals surface area contributed by atoms with E-state index in [9.17, 15) is 17.6 Å². The maximum atomic E-state index is 13.7. The maximum Gasteiger partial charge on any atom is 0.282 e. The Balaban J connectivity index is 2.25. The highest BCUT2D eigenvalue weighted by Crippen LogP contribution is 2.24. The number of imidazole rings is 1. The van der Waals surface area contributed by atoms with Gasteiger partial charge in [-0.3, -0.25) is 0 Å². The molecule has 0 N–H and O–H groups in total. The molecule has 0 atom stereocenters. The first-order chi connectivity index (χ1) is 9.56. The number of alkyl halides is 2. The second-order valence-electron chi connectivity index (χ2n) is 3.96. The van der Waals surface area contributed by atoms with Gasteiger partial charge in [0, 0.05) is 11.6 Å². The van der Waals surface area contributed by atoms with Gasteiger partial charge in [0.2, 0.25) is 5.95 Å². The highest BCUT2D eigenvalue weighted by atomic mass is 19.3. The third kappa shape index (κ3) is 1.98. The molecule has 0 spiro atoms. The van der Waals surface area contributed by atoms with Crippen molar-refractivity contribution in [1.29, 1.82) is 0 Å². The smallest absolute Gasteiger partial charge is 0.235 e. The van der Waals surface area contributed by atoms with E-state index in [1.54, 1.807) is 0 Å². The van der Waals surface area contributed by atoms with E-state index in [4.69, 9.17) is 0 Å². The predicted octanol–water partition coefficient (Wildman–Crippen LogP) is 3.01. The van der Waals surface area contributed by atoms with Gasteiger partial charge >= 0.3 is 0 Å². The van der Waals surface area contributed by atoms with Crippen LogP contribution in [0.1, 0.15) is 12.1 Å². The number of pyridine rings is 1. The Kier molecular flexibility index (Phi) is 2.85. The quantitative estimate of drug-likeness (QED) is 0.536. The molecule has 0 bridgehead atoms. The van der Waals surface area contributed by atoms with Crippen LogP contribution in [0.5, 0.6) is 0 Å². The van der Waals surface area contributed by atoms with Crippen LogP contribution in [0.2, 0.25) is 0 Å². The molecule has 0 amide bonds. The third-order valence-electron chi connectivity index (χ3n) is 2.70. The molecule has 0 saturated carbocycles. The molecule has 3 rings (SSSR count). The minimum absolute atomic E-state index is 0.0706. The summed E-state index contributed by atoms with van der Waals surface area (Å²) >= 11 is 0. The fourth-order valence-corrected chi connectivity index (χ4v) is 1.80. The van der Waals surface area contributed by atoms with E-state index in [0.29, 0.717) is 6.20 Å². The minimum Gasteiger partial charge on any atom is -0.235 e. The van der Waals surface area contributed by atoms with Gasteiger partial charge in [-0.2, -0.15) is 9.49 Å². The van der Waals surface area contributed by atoms with Gasteiger partial charge in [-0.25, -0.2) is 27.7 Å². The summed E-state index contributed by atoms with van der Waals surface area (Å²) in [5, 5.41) is 3.68. The summed E-state index contributed by atoms with van der Waals surface area (Å²) in [7, 11) is 0. The second-order valence-corrected chi connectivity index (χ2v) is 3.96. The normalized spacial score (nSPS) is 11.4. The van der Waals surface area contributed by atoms with Crippen LogP contribution in [0, 0.1) is 11.8 Å². The van der Waals surface area contributed by atoms with Gasteiger partial charge in [0.25, 0.3) is 6.43 Å². The van der Waals surface area contributed by atoms with Crippen LogP contribution in [0.4, 0.5) is 17.6 Å². The molecule has 8 heteroatoms. The van der Waals surface area contributed by atoms with Crippen molar-refractivity contribution >= 4 is 5.65 Å². The van der Waals surface area contributed by atoms with Crippen molar-refractivity contribution in [1.82, 2.24) is 19.6 Å². The van der Waals surface area contributed by atoms with Crippen LogP contribution in [0.3, 0.4) is 0 Å². The lowest BCUT2D eigenvalue weighted by atomic mass is 10.2. The molecular weight excluding hydrogens is 276 g/mol. The average molecular weight is 282 g/mol. The number of rotatable bonds is 2. The van der Waals surface area contributed by atoms with Gasteiger partial charge in [-0.15, -0.1) is 0 Å². The first-order valence-corrected chi connectivity index (χ1v) is 5.50. The summed E-state index contributed by atoms with van der Waals surface area (Å²) < 4.78 is 53.1. The summed E-state index contributed by atoms with van der Waals surface area (Å²) in [4.78, 5) is 7.08. The number of halogens is 4. The van der Waals surface area contributed by atoms with Crippen LogP contribution < -0.4 is 0 Å². The number of fused-ring (bicyclic) bond motifs is 1. The van der Waals surface area contributed by atoms with Gasteiger partial charge in [0.1, 0.15) is 5.69 Å². The molecule has 0 aliphatic carbocycles. The zero-order valence-electron chi connectivity index (χ0n) is 9.76. The van der Waals surface area contributed by atoms with E-state index < -0.39 is 23.9 Å². The van der Waals surface area contributed by atoms with Crippen molar-refractivity contribution < 1.29 is 17.6 Å². The minimum atomic E-state index is -2.77. The molecule has 0 fully saturated rings. The molecule has 4 nitrogen and oxygen atoms in total. The Labute approximate surface area is 109 Å².